The normalized spacial score (nSPS) is 12.4. The van der Waals surface area contributed by atoms with E-state index in [1.54, 1.807) is 0 Å². The number of benzene rings is 1. The molecule has 19 heavy (non-hydrogen) atoms. The fourth-order valence-electron chi connectivity index (χ4n) is 1.39. The topological polar surface area (TPSA) is 55.1 Å². The van der Waals surface area contributed by atoms with Crippen molar-refractivity contribution >= 4 is 5.91 Å². The van der Waals surface area contributed by atoms with Crippen LogP contribution in [0.3, 0.4) is 0 Å². The number of amides is 1. The first-order valence-electron chi connectivity index (χ1n) is 6.07. The lowest BCUT2D eigenvalue weighted by molar-refractivity contribution is -0.122. The van der Waals surface area contributed by atoms with Gasteiger partial charge in [-0.1, -0.05) is 6.07 Å². The number of hydrogen-bond acceptors (Lipinski definition) is 2. The Labute approximate surface area is 112 Å². The Hall–Kier alpha value is -1.49. The van der Waals surface area contributed by atoms with E-state index in [1.165, 1.54) is 6.07 Å². The van der Waals surface area contributed by atoms with Crippen LogP contribution in [-0.2, 0) is 11.2 Å². The molecule has 1 aromatic rings. The van der Waals surface area contributed by atoms with Gasteiger partial charge in [0.25, 0.3) is 0 Å². The van der Waals surface area contributed by atoms with Crippen molar-refractivity contribution in [1.82, 2.24) is 5.32 Å². The minimum atomic E-state index is -0.955. The second-order valence-corrected chi connectivity index (χ2v) is 5.82. The summed E-state index contributed by atoms with van der Waals surface area (Å²) in [5.41, 5.74) is 5.18. The molecular formula is C14H20F2N2O. The summed E-state index contributed by atoms with van der Waals surface area (Å²) in [7, 11) is 0. The van der Waals surface area contributed by atoms with Crippen LogP contribution in [0.25, 0.3) is 0 Å². The Morgan fingerprint density at radius 2 is 1.79 bits per heavy atom. The highest BCUT2D eigenvalue weighted by molar-refractivity contribution is 5.79. The quantitative estimate of drug-likeness (QED) is 0.880. The summed E-state index contributed by atoms with van der Waals surface area (Å²) in [6, 6.07) is 3.42. The van der Waals surface area contributed by atoms with Crippen molar-refractivity contribution < 1.29 is 13.6 Å². The lowest BCUT2D eigenvalue weighted by atomic mass is 9.83. The van der Waals surface area contributed by atoms with Gasteiger partial charge in [-0.2, -0.15) is 0 Å². The van der Waals surface area contributed by atoms with Gasteiger partial charge in [-0.3, -0.25) is 4.79 Å². The van der Waals surface area contributed by atoms with Crippen LogP contribution in [0.2, 0.25) is 0 Å². The largest absolute Gasteiger partial charge is 0.349 e. The van der Waals surface area contributed by atoms with E-state index in [4.69, 9.17) is 5.73 Å². The molecule has 1 amide bonds. The molecule has 3 nitrogen and oxygen atoms in total. The maximum absolute atomic E-state index is 13.0. The minimum Gasteiger partial charge on any atom is -0.349 e. The third kappa shape index (κ3) is 3.99. The molecule has 0 aliphatic heterocycles. The van der Waals surface area contributed by atoms with E-state index in [9.17, 15) is 13.6 Å². The van der Waals surface area contributed by atoms with Gasteiger partial charge < -0.3 is 11.1 Å². The van der Waals surface area contributed by atoms with Gasteiger partial charge in [-0.15, -0.1) is 0 Å². The molecule has 5 heteroatoms. The number of carbonyl (C=O) groups is 1. The van der Waals surface area contributed by atoms with Gasteiger partial charge in [0.1, 0.15) is 0 Å². The molecule has 0 aliphatic rings. The summed E-state index contributed by atoms with van der Waals surface area (Å²) in [5, 5.41) is 2.80. The molecule has 106 valence electrons. The number of nitrogens with one attached hydrogen (secondary N) is 1. The summed E-state index contributed by atoms with van der Waals surface area (Å²) in [6.45, 7) is 7.25. The molecule has 0 saturated carbocycles. The first-order chi connectivity index (χ1) is 8.53. The zero-order chi connectivity index (χ0) is 14.8. The van der Waals surface area contributed by atoms with Crippen LogP contribution in [-0.4, -0.2) is 17.0 Å². The van der Waals surface area contributed by atoms with Crippen LogP contribution >= 0.6 is 0 Å². The molecule has 0 bridgehead atoms. The summed E-state index contributed by atoms with van der Waals surface area (Å²) in [6.07, 6.45) is -0.0172. The van der Waals surface area contributed by atoms with Gasteiger partial charge in [0, 0.05) is 5.54 Å². The molecule has 0 fully saturated rings. The molecule has 0 saturated heterocycles. The molecular weight excluding hydrogens is 250 g/mol. The Morgan fingerprint density at radius 3 is 2.26 bits per heavy atom. The molecule has 1 rings (SSSR count). The number of carbonyl (C=O) groups excluding carboxylic acids is 1. The highest BCUT2D eigenvalue weighted by atomic mass is 19.2. The van der Waals surface area contributed by atoms with Crippen molar-refractivity contribution in [3.05, 3.63) is 35.4 Å². The van der Waals surface area contributed by atoms with E-state index >= 15 is 0 Å². The lowest BCUT2D eigenvalue weighted by Crippen LogP contribution is -2.62. The highest BCUT2D eigenvalue weighted by Crippen LogP contribution is 2.18. The van der Waals surface area contributed by atoms with Crippen molar-refractivity contribution in [3.63, 3.8) is 0 Å². The van der Waals surface area contributed by atoms with Crippen molar-refractivity contribution in [2.75, 3.05) is 0 Å². The Bertz CT molecular complexity index is 479. The van der Waals surface area contributed by atoms with Crippen molar-refractivity contribution in [2.45, 2.75) is 45.2 Å². The molecule has 0 aromatic heterocycles. The van der Waals surface area contributed by atoms with E-state index in [2.05, 4.69) is 5.32 Å². The number of nitrogens with two attached hydrogens (primary N) is 1. The number of hydrogen-bond donors (Lipinski definition) is 2. The monoisotopic (exact) mass is 270 g/mol. The third-order valence-electron chi connectivity index (χ3n) is 3.41. The zero-order valence-corrected chi connectivity index (χ0v) is 11.7. The molecule has 0 atom stereocenters. The Morgan fingerprint density at radius 1 is 1.21 bits per heavy atom. The summed E-state index contributed by atoms with van der Waals surface area (Å²) in [4.78, 5) is 11.9. The summed E-state index contributed by atoms with van der Waals surface area (Å²) < 4.78 is 25.8. The maximum Gasteiger partial charge on any atom is 0.224 e. The van der Waals surface area contributed by atoms with E-state index in [-0.39, 0.29) is 12.3 Å². The van der Waals surface area contributed by atoms with Crippen LogP contribution in [0, 0.1) is 11.6 Å². The van der Waals surface area contributed by atoms with Gasteiger partial charge in [-0.05, 0) is 45.4 Å². The second kappa shape index (κ2) is 5.25. The molecule has 0 spiro atoms. The first kappa shape index (κ1) is 15.6. The van der Waals surface area contributed by atoms with Gasteiger partial charge in [-0.25, -0.2) is 8.78 Å². The fourth-order valence-corrected chi connectivity index (χ4v) is 1.39. The fraction of sp³-hybridized carbons (Fsp3) is 0.500. The van der Waals surface area contributed by atoms with Gasteiger partial charge >= 0.3 is 0 Å². The van der Waals surface area contributed by atoms with Crippen molar-refractivity contribution in [2.24, 2.45) is 5.73 Å². The average molecular weight is 270 g/mol. The van der Waals surface area contributed by atoms with Crippen molar-refractivity contribution in [3.8, 4) is 0 Å². The van der Waals surface area contributed by atoms with Crippen LogP contribution < -0.4 is 11.1 Å². The van der Waals surface area contributed by atoms with E-state index in [0.29, 0.717) is 5.56 Å². The molecule has 0 unspecified atom stereocenters. The SMILES string of the molecule is CC(C)(N)C(C)(C)NC(=O)Cc1ccc(F)c(F)c1. The van der Waals surface area contributed by atoms with Crippen LogP contribution in [0.4, 0.5) is 8.78 Å². The molecule has 0 radical (unpaired) electrons. The van der Waals surface area contributed by atoms with Crippen LogP contribution in [0.15, 0.2) is 18.2 Å². The Balaban J connectivity index is 2.73. The van der Waals surface area contributed by atoms with Crippen molar-refractivity contribution in [1.29, 1.82) is 0 Å². The smallest absolute Gasteiger partial charge is 0.224 e. The van der Waals surface area contributed by atoms with E-state index in [0.717, 1.165) is 12.1 Å². The first-order valence-corrected chi connectivity index (χ1v) is 6.07. The van der Waals surface area contributed by atoms with Crippen LogP contribution in [0.1, 0.15) is 33.3 Å². The number of rotatable bonds is 4. The maximum atomic E-state index is 13.0. The Kier molecular flexibility index (Phi) is 4.30. The molecule has 1 aromatic carbocycles. The van der Waals surface area contributed by atoms with Gasteiger partial charge in [0.05, 0.1) is 12.0 Å². The molecule has 3 N–H and O–H groups in total. The summed E-state index contributed by atoms with van der Waals surface area (Å²) in [5.74, 6) is -2.16. The van der Waals surface area contributed by atoms with Gasteiger partial charge in [0.2, 0.25) is 5.91 Å². The molecule has 0 aliphatic carbocycles. The van der Waals surface area contributed by atoms with E-state index in [1.807, 2.05) is 27.7 Å². The molecule has 0 heterocycles. The standard InChI is InChI=1S/C14H20F2N2O/c1-13(2,17)14(3,4)18-12(19)8-9-5-6-10(15)11(16)7-9/h5-7H,8,17H2,1-4H3,(H,18,19). The minimum absolute atomic E-state index is 0.0172. The second-order valence-electron chi connectivity index (χ2n) is 5.82. The predicted octanol–water partition coefficient (Wildman–Crippen LogP) is 2.14. The van der Waals surface area contributed by atoms with Crippen LogP contribution in [0.5, 0.6) is 0 Å². The lowest BCUT2D eigenvalue weighted by Gasteiger charge is -2.39. The summed E-state index contributed by atoms with van der Waals surface area (Å²) >= 11 is 0. The number of halogens is 2. The third-order valence-corrected chi connectivity index (χ3v) is 3.41. The zero-order valence-electron chi connectivity index (χ0n) is 11.7. The van der Waals surface area contributed by atoms with E-state index < -0.39 is 22.7 Å². The predicted molar refractivity (Wildman–Crippen MR) is 70.6 cm³/mol. The average Bonchev–Trinajstić information content (AvgIpc) is 2.21. The highest BCUT2D eigenvalue weighted by Gasteiger charge is 2.34. The van der Waals surface area contributed by atoms with Gasteiger partial charge in [0.15, 0.2) is 11.6 Å².